The van der Waals surface area contributed by atoms with Gasteiger partial charge in [0.25, 0.3) is 0 Å². The highest BCUT2D eigenvalue weighted by atomic mass is 16.6. The Kier molecular flexibility index (Phi) is 6.22. The molecule has 3 aliphatic rings. The third kappa shape index (κ3) is 3.23. The van der Waals surface area contributed by atoms with Crippen molar-refractivity contribution in [2.75, 3.05) is 13.2 Å². The largest absolute Gasteiger partial charge is 0.466 e. The number of amides is 2. The predicted octanol–water partition coefficient (Wildman–Crippen LogP) is 1.25. The summed E-state index contributed by atoms with van der Waals surface area (Å²) in [6.45, 7) is 11.2. The molecule has 3 aliphatic heterocycles. The van der Waals surface area contributed by atoms with Gasteiger partial charge in [-0.05, 0) is 46.5 Å². The lowest BCUT2D eigenvalue weighted by Crippen LogP contribution is -2.59. The molecule has 8 nitrogen and oxygen atoms in total. The van der Waals surface area contributed by atoms with Crippen molar-refractivity contribution in [3.63, 3.8) is 0 Å². The number of rotatable bonds is 8. The molecule has 2 N–H and O–H groups in total. The van der Waals surface area contributed by atoms with Gasteiger partial charge in [-0.1, -0.05) is 20.3 Å². The first-order valence-electron chi connectivity index (χ1n) is 11.2. The van der Waals surface area contributed by atoms with E-state index in [9.17, 15) is 19.5 Å². The molecule has 170 valence electrons. The van der Waals surface area contributed by atoms with Crippen LogP contribution < -0.4 is 5.32 Å². The SMILES string of the molecule is CCOC(=O)[C@@H]1[C@H]2C(=O)N([C@@H](CO)[C@@H](C)CC)C(C(=O)NC(C)C)C23CC[C@@]1(C)O3. The zero-order valence-corrected chi connectivity index (χ0v) is 18.9. The van der Waals surface area contributed by atoms with Crippen LogP contribution in [-0.2, 0) is 23.9 Å². The topological polar surface area (TPSA) is 105 Å². The normalized spacial score (nSPS) is 36.7. The number of nitrogens with zero attached hydrogens (tertiary/aromatic N) is 1. The van der Waals surface area contributed by atoms with Gasteiger partial charge in [0.05, 0.1) is 30.8 Å². The number of carbonyl (C=O) groups excluding carboxylic acids is 3. The lowest BCUT2D eigenvalue weighted by Gasteiger charge is -2.39. The van der Waals surface area contributed by atoms with Crippen molar-refractivity contribution in [2.45, 2.75) is 90.1 Å². The smallest absolute Gasteiger partial charge is 0.312 e. The van der Waals surface area contributed by atoms with Crippen LogP contribution in [-0.4, -0.2) is 70.3 Å². The highest BCUT2D eigenvalue weighted by Gasteiger charge is 2.78. The molecule has 3 heterocycles. The number of carbonyl (C=O) groups is 3. The van der Waals surface area contributed by atoms with Crippen molar-refractivity contribution in [2.24, 2.45) is 17.8 Å². The lowest BCUT2D eigenvalue weighted by molar-refractivity contribution is -0.160. The molecule has 7 atom stereocenters. The molecule has 3 saturated heterocycles. The average Bonchev–Trinajstić information content (AvgIpc) is 3.23. The van der Waals surface area contributed by atoms with Crippen molar-refractivity contribution in [1.29, 1.82) is 0 Å². The van der Waals surface area contributed by atoms with E-state index in [-0.39, 0.29) is 37.0 Å². The van der Waals surface area contributed by atoms with E-state index in [1.54, 1.807) is 6.92 Å². The molecule has 0 aromatic heterocycles. The Hall–Kier alpha value is -1.67. The van der Waals surface area contributed by atoms with E-state index < -0.39 is 41.1 Å². The molecule has 1 spiro atoms. The molecule has 0 aromatic rings. The monoisotopic (exact) mass is 424 g/mol. The molecule has 30 heavy (non-hydrogen) atoms. The van der Waals surface area contributed by atoms with Crippen molar-refractivity contribution in [3.8, 4) is 0 Å². The molecule has 0 radical (unpaired) electrons. The number of aliphatic hydroxyl groups is 1. The van der Waals surface area contributed by atoms with Crippen LogP contribution in [0.3, 0.4) is 0 Å². The van der Waals surface area contributed by atoms with Crippen molar-refractivity contribution < 1.29 is 29.0 Å². The number of hydrogen-bond acceptors (Lipinski definition) is 6. The molecule has 3 fully saturated rings. The third-order valence-corrected chi connectivity index (χ3v) is 7.28. The summed E-state index contributed by atoms with van der Waals surface area (Å²) >= 11 is 0. The fourth-order valence-electron chi connectivity index (χ4n) is 5.79. The van der Waals surface area contributed by atoms with E-state index in [0.29, 0.717) is 12.8 Å². The fourth-order valence-corrected chi connectivity index (χ4v) is 5.79. The Balaban J connectivity index is 2.11. The molecule has 2 amide bonds. The lowest BCUT2D eigenvalue weighted by atomic mass is 9.66. The highest BCUT2D eigenvalue weighted by Crippen LogP contribution is 2.63. The number of esters is 1. The molecule has 0 aliphatic carbocycles. The van der Waals surface area contributed by atoms with Gasteiger partial charge in [0.15, 0.2) is 0 Å². The van der Waals surface area contributed by atoms with Gasteiger partial charge in [-0.25, -0.2) is 0 Å². The summed E-state index contributed by atoms with van der Waals surface area (Å²) in [5.74, 6) is -2.59. The van der Waals surface area contributed by atoms with Crippen LogP contribution in [0, 0.1) is 17.8 Å². The number of aliphatic hydroxyl groups excluding tert-OH is 1. The molecule has 0 aromatic carbocycles. The van der Waals surface area contributed by atoms with Gasteiger partial charge in [-0.15, -0.1) is 0 Å². The maximum absolute atomic E-state index is 13.8. The Bertz CT molecular complexity index is 712. The van der Waals surface area contributed by atoms with Crippen LogP contribution in [0.4, 0.5) is 0 Å². The maximum Gasteiger partial charge on any atom is 0.312 e. The van der Waals surface area contributed by atoms with E-state index >= 15 is 0 Å². The van der Waals surface area contributed by atoms with Crippen LogP contribution in [0.2, 0.25) is 0 Å². The Labute approximate surface area is 178 Å². The second-order valence-corrected chi connectivity index (χ2v) is 9.52. The summed E-state index contributed by atoms with van der Waals surface area (Å²) in [5.41, 5.74) is -1.91. The van der Waals surface area contributed by atoms with Crippen LogP contribution in [0.5, 0.6) is 0 Å². The van der Waals surface area contributed by atoms with Crippen molar-refractivity contribution in [3.05, 3.63) is 0 Å². The predicted molar refractivity (Wildman–Crippen MR) is 109 cm³/mol. The summed E-state index contributed by atoms with van der Waals surface area (Å²) in [4.78, 5) is 41.6. The van der Waals surface area contributed by atoms with E-state index in [1.165, 1.54) is 4.90 Å². The average molecular weight is 425 g/mol. The first-order valence-corrected chi connectivity index (χ1v) is 11.2. The van der Waals surface area contributed by atoms with Gasteiger partial charge in [0, 0.05) is 6.04 Å². The van der Waals surface area contributed by atoms with E-state index in [2.05, 4.69) is 5.32 Å². The molecule has 8 heteroatoms. The Morgan fingerprint density at radius 2 is 1.97 bits per heavy atom. The van der Waals surface area contributed by atoms with Gasteiger partial charge in [0.1, 0.15) is 17.6 Å². The van der Waals surface area contributed by atoms with Gasteiger partial charge >= 0.3 is 5.97 Å². The van der Waals surface area contributed by atoms with Crippen molar-refractivity contribution >= 4 is 17.8 Å². The molecule has 0 saturated carbocycles. The number of hydrogen-bond donors (Lipinski definition) is 2. The summed E-state index contributed by atoms with van der Waals surface area (Å²) < 4.78 is 11.8. The zero-order chi connectivity index (χ0) is 22.4. The van der Waals surface area contributed by atoms with Crippen LogP contribution in [0.25, 0.3) is 0 Å². The summed E-state index contributed by atoms with van der Waals surface area (Å²) in [6.07, 6.45) is 1.83. The Morgan fingerprint density at radius 1 is 1.30 bits per heavy atom. The summed E-state index contributed by atoms with van der Waals surface area (Å²) in [6, 6.07) is -1.52. The van der Waals surface area contributed by atoms with E-state index in [0.717, 1.165) is 6.42 Å². The quantitative estimate of drug-likeness (QED) is 0.568. The minimum Gasteiger partial charge on any atom is -0.466 e. The van der Waals surface area contributed by atoms with Crippen LogP contribution in [0.1, 0.15) is 60.8 Å². The number of nitrogens with one attached hydrogen (secondary N) is 1. The molecular formula is C22H36N2O6. The van der Waals surface area contributed by atoms with E-state index in [1.807, 2.05) is 34.6 Å². The molecule has 2 bridgehead atoms. The van der Waals surface area contributed by atoms with Gasteiger partial charge in [0.2, 0.25) is 11.8 Å². The van der Waals surface area contributed by atoms with Gasteiger partial charge < -0.3 is 24.8 Å². The molecular weight excluding hydrogens is 388 g/mol. The van der Waals surface area contributed by atoms with Crippen LogP contribution >= 0.6 is 0 Å². The first kappa shape index (κ1) is 23.0. The number of ether oxygens (including phenoxy) is 2. The van der Waals surface area contributed by atoms with E-state index in [4.69, 9.17) is 9.47 Å². The minimum atomic E-state index is -1.08. The first-order chi connectivity index (χ1) is 14.1. The Morgan fingerprint density at radius 3 is 2.50 bits per heavy atom. The highest BCUT2D eigenvalue weighted by molar-refractivity contribution is 5.98. The molecule has 2 unspecified atom stereocenters. The number of likely N-dealkylation sites (tertiary alicyclic amines) is 1. The second-order valence-electron chi connectivity index (χ2n) is 9.52. The van der Waals surface area contributed by atoms with Gasteiger partial charge in [-0.2, -0.15) is 0 Å². The standard InChI is InChI=1S/C22H36N2O6/c1-7-13(5)14(11-25)24-17(18(26)23-12(3)4)22-10-9-21(6,30-22)16(15(22)19(24)27)20(28)29-8-2/h12-17,25H,7-11H2,1-6H3,(H,23,26)/t13-,14-,15-,16-,17?,21+,22?/m0/s1. The number of fused-ring (bicyclic) bond motifs is 1. The maximum atomic E-state index is 13.8. The van der Waals surface area contributed by atoms with Crippen LogP contribution in [0.15, 0.2) is 0 Å². The molecule has 3 rings (SSSR count). The summed E-state index contributed by atoms with van der Waals surface area (Å²) in [5, 5.41) is 13.1. The fraction of sp³-hybridized carbons (Fsp3) is 0.864. The van der Waals surface area contributed by atoms with Crippen molar-refractivity contribution in [1.82, 2.24) is 10.2 Å². The second kappa shape index (κ2) is 8.11. The van der Waals surface area contributed by atoms with Gasteiger partial charge in [-0.3, -0.25) is 14.4 Å². The minimum absolute atomic E-state index is 0.0163. The third-order valence-electron chi connectivity index (χ3n) is 7.28. The zero-order valence-electron chi connectivity index (χ0n) is 18.9. The summed E-state index contributed by atoms with van der Waals surface area (Å²) in [7, 11) is 0.